The van der Waals surface area contributed by atoms with Gasteiger partial charge in [-0.05, 0) is 26.7 Å². The van der Waals surface area contributed by atoms with E-state index in [1.54, 1.807) is 53.3 Å². The van der Waals surface area contributed by atoms with E-state index in [0.29, 0.717) is 77.0 Å². The topological polar surface area (TPSA) is 115 Å². The van der Waals surface area contributed by atoms with Gasteiger partial charge in [0.15, 0.2) is 12.6 Å². The van der Waals surface area contributed by atoms with Gasteiger partial charge in [0, 0.05) is 39.3 Å². The van der Waals surface area contributed by atoms with Gasteiger partial charge in [0.25, 0.3) is 0 Å². The largest absolute Gasteiger partial charge is 0.351 e. The minimum atomic E-state index is -2.34. The fourth-order valence-electron chi connectivity index (χ4n) is 3.83. The first kappa shape index (κ1) is 36.7. The van der Waals surface area contributed by atoms with Crippen LogP contribution in [0.5, 0.6) is 0 Å². The molecule has 0 aliphatic heterocycles. The van der Waals surface area contributed by atoms with Gasteiger partial charge in [0.05, 0.1) is 26.9 Å². The van der Waals surface area contributed by atoms with Gasteiger partial charge in [-0.15, -0.1) is 0 Å². The molecule has 0 aromatic rings. The maximum atomic E-state index is 12.4. The van der Waals surface area contributed by atoms with E-state index < -0.39 is 45.5 Å². The third-order valence-electron chi connectivity index (χ3n) is 4.88. The van der Waals surface area contributed by atoms with E-state index in [2.05, 4.69) is 4.90 Å². The highest BCUT2D eigenvalue weighted by Gasteiger charge is 2.26. The van der Waals surface area contributed by atoms with E-state index in [1.165, 1.54) is 0 Å². The van der Waals surface area contributed by atoms with Gasteiger partial charge in [-0.1, -0.05) is 18.3 Å². The Morgan fingerprint density at radius 2 is 0.667 bits per heavy atom. The Labute approximate surface area is 222 Å². The summed E-state index contributed by atoms with van der Waals surface area (Å²) in [5.41, 5.74) is 0. The molecule has 4 unspecified atom stereocenters. The molecule has 0 rings (SSSR count). The van der Waals surface area contributed by atoms with Crippen molar-refractivity contribution in [3.63, 3.8) is 0 Å². The number of rotatable bonds is 21. The first-order valence-corrected chi connectivity index (χ1v) is 25.0. The van der Waals surface area contributed by atoms with Gasteiger partial charge in [-0.25, -0.2) is 4.90 Å². The molecule has 0 heterocycles. The van der Waals surface area contributed by atoms with Gasteiger partial charge in [0.1, 0.15) is 26.7 Å². The minimum Gasteiger partial charge on any atom is -0.323 e. The second-order valence-electron chi connectivity index (χ2n) is 10.5. The van der Waals surface area contributed by atoms with E-state index in [1.807, 2.05) is 14.7 Å². The summed E-state index contributed by atoms with van der Waals surface area (Å²) >= 11 is 0. The summed E-state index contributed by atoms with van der Waals surface area (Å²) in [4.78, 5) is 8.16. The minimum absolute atomic E-state index is 0.380. The maximum Gasteiger partial charge on any atom is 0.351 e. The van der Waals surface area contributed by atoms with Crippen LogP contribution in [-0.2, 0) is 27.4 Å². The van der Waals surface area contributed by atoms with Crippen LogP contribution in [0.1, 0.15) is 0 Å². The lowest BCUT2D eigenvalue weighted by atomic mass is 10.4. The smallest absolute Gasteiger partial charge is 0.323 e. The molecule has 0 spiro atoms. The number of hydrogen-bond acceptors (Lipinski definition) is 10. The van der Waals surface area contributed by atoms with Crippen molar-refractivity contribution in [2.45, 2.75) is 0 Å². The zero-order valence-corrected chi connectivity index (χ0v) is 28.8. The Morgan fingerprint density at radius 3 is 0.917 bits per heavy atom. The molecule has 0 fully saturated rings. The molecule has 0 N–H and O–H groups in total. The van der Waals surface area contributed by atoms with E-state index in [9.17, 15) is 27.4 Å². The molecule has 0 aliphatic carbocycles. The average molecular weight is 626 g/mol. The molecule has 36 heavy (non-hydrogen) atoms. The van der Waals surface area contributed by atoms with Gasteiger partial charge in [-0.3, -0.25) is 14.7 Å². The van der Waals surface area contributed by atoms with Crippen LogP contribution in [0, 0.1) is 0 Å². The quantitative estimate of drug-likeness (QED) is 0.161. The summed E-state index contributed by atoms with van der Waals surface area (Å²) in [6.07, 6.45) is 2.31. The average Bonchev–Trinajstić information content (AvgIpc) is 2.62. The predicted octanol–water partition coefficient (Wildman–Crippen LogP) is 5.01. The fourth-order valence-corrected chi connectivity index (χ4v) is 9.93. The van der Waals surface area contributed by atoms with Crippen molar-refractivity contribution >= 4 is 45.5 Å². The first-order chi connectivity index (χ1) is 16.4. The molecule has 0 saturated carbocycles. The second-order valence-corrected chi connectivity index (χ2v) is 23.5. The van der Waals surface area contributed by atoms with Crippen LogP contribution in [0.2, 0.25) is 0 Å². The highest BCUT2D eigenvalue weighted by atomic mass is 31.2. The highest BCUT2D eigenvalue weighted by Crippen LogP contribution is 2.38. The molecule has 0 aromatic heterocycles. The zero-order valence-electron chi connectivity index (χ0n) is 23.4. The molecule has 0 aromatic carbocycles. The normalized spacial score (nSPS) is 14.7. The molecule has 0 aliphatic rings. The molecular weight excluding hydrogens is 578 g/mol. The Balaban J connectivity index is 5.55. The van der Waals surface area contributed by atoms with E-state index in [0.717, 1.165) is 0 Å². The summed E-state index contributed by atoms with van der Waals surface area (Å²) in [6, 6.07) is 0. The second kappa shape index (κ2) is 18.1. The van der Waals surface area contributed by atoms with E-state index in [-0.39, 0.29) is 0 Å². The number of hydrogen-bond donors (Lipinski definition) is 0. The Morgan fingerprint density at radius 1 is 0.444 bits per heavy atom. The summed E-state index contributed by atoms with van der Waals surface area (Å²) in [5.74, 6) is 0. The lowest BCUT2D eigenvalue weighted by Crippen LogP contribution is -2.43. The fraction of sp³-hybridized carbons (Fsp3) is 1.00. The summed E-state index contributed by atoms with van der Waals surface area (Å²) < 4.78 is 72.5. The lowest BCUT2D eigenvalue weighted by molar-refractivity contribution is 0.188. The molecule has 0 bridgehead atoms. The van der Waals surface area contributed by atoms with Gasteiger partial charge < -0.3 is 9.13 Å². The first-order valence-electron chi connectivity index (χ1n) is 11.9. The van der Waals surface area contributed by atoms with E-state index >= 15 is 0 Å². The molecule has 0 radical (unpaired) electrons. The van der Waals surface area contributed by atoms with Crippen LogP contribution in [0.4, 0.5) is 0 Å². The third kappa shape index (κ3) is 22.7. The lowest BCUT2D eigenvalue weighted by Gasteiger charge is -2.29. The van der Waals surface area contributed by atoms with Crippen molar-refractivity contribution in [3.8, 4) is 0 Å². The third-order valence-corrected chi connectivity index (χ3v) is 10.2. The van der Waals surface area contributed by atoms with Crippen LogP contribution in [0.25, 0.3) is 0 Å². The standard InChI is InChI=1S/C20H48N4O6P6/c1-31(25)15-22(16-32(2)26)12-9-21(10-13-23(17-33(3)27)19-35(5,6)29)11-14-24(18-34(4)28)20-36(7,8)30/h9-20H2,1-8H3/q+4. The van der Waals surface area contributed by atoms with Gasteiger partial charge >= 0.3 is 31.2 Å². The van der Waals surface area contributed by atoms with Crippen molar-refractivity contribution in [3.05, 3.63) is 0 Å². The maximum absolute atomic E-state index is 12.4. The Bertz CT molecular complexity index is 785. The SMILES string of the molecule is C[P+](=O)CN(CCN(CCN(C[P+](C)=O)CP(C)(C)=O)CCN(C[P+](C)=O)CP(C)(C)=O)C[P+](C)=O. The van der Waals surface area contributed by atoms with Crippen molar-refractivity contribution in [1.29, 1.82) is 0 Å². The summed E-state index contributed by atoms with van der Waals surface area (Å²) in [7, 11) is -10.3. The summed E-state index contributed by atoms with van der Waals surface area (Å²) in [5, 5.41) is 0. The van der Waals surface area contributed by atoms with Crippen molar-refractivity contribution in [1.82, 2.24) is 19.6 Å². The van der Waals surface area contributed by atoms with Gasteiger partial charge in [-0.2, -0.15) is 0 Å². The molecule has 0 amide bonds. The van der Waals surface area contributed by atoms with Crippen LogP contribution < -0.4 is 0 Å². The molecule has 4 atom stereocenters. The van der Waals surface area contributed by atoms with Crippen LogP contribution >= 0.6 is 45.5 Å². The Kier molecular flexibility index (Phi) is 18.5. The number of nitrogens with zero attached hydrogens (tertiary/aromatic N) is 4. The summed E-state index contributed by atoms with van der Waals surface area (Å²) in [6.45, 7) is 17.3. The zero-order chi connectivity index (χ0) is 28.1. The molecule has 0 saturated heterocycles. The van der Waals surface area contributed by atoms with Gasteiger partial charge in [0.2, 0.25) is 12.6 Å². The van der Waals surface area contributed by atoms with Crippen LogP contribution in [0.3, 0.4) is 0 Å². The van der Waals surface area contributed by atoms with Crippen molar-refractivity contribution in [2.24, 2.45) is 0 Å². The molecule has 16 heteroatoms. The van der Waals surface area contributed by atoms with Crippen LogP contribution in [0.15, 0.2) is 0 Å². The monoisotopic (exact) mass is 626 g/mol. The Hall–Kier alpha value is 0.700. The molecule has 210 valence electrons. The van der Waals surface area contributed by atoms with Crippen molar-refractivity contribution in [2.75, 3.05) is 130 Å². The van der Waals surface area contributed by atoms with Crippen molar-refractivity contribution < 1.29 is 27.4 Å². The van der Waals surface area contributed by atoms with Crippen LogP contribution in [-0.4, -0.2) is 150 Å². The highest BCUT2D eigenvalue weighted by molar-refractivity contribution is 7.62. The molecule has 10 nitrogen and oxygen atoms in total. The van der Waals surface area contributed by atoms with E-state index in [4.69, 9.17) is 0 Å². The predicted molar refractivity (Wildman–Crippen MR) is 159 cm³/mol. The molecular formula is C20H48N4O6P6+4.